The number of hydrogen-bond acceptors (Lipinski definition) is 5. The Morgan fingerprint density at radius 1 is 1.28 bits per heavy atom. The number of aromatic nitrogens is 2. The Kier molecular flexibility index (Phi) is 5.74. The van der Waals surface area contributed by atoms with Crippen LogP contribution in [0.4, 0.5) is 11.6 Å². The van der Waals surface area contributed by atoms with E-state index >= 15 is 0 Å². The molecule has 1 fully saturated rings. The SMILES string of the molecule is COc1ccccc1CCNc1cc(N2CCCC(C)C2)nc(C)n1. The average molecular weight is 340 g/mol. The van der Waals surface area contributed by atoms with Crippen molar-refractivity contribution in [2.45, 2.75) is 33.1 Å². The zero-order valence-electron chi connectivity index (χ0n) is 15.5. The number of aryl methyl sites for hydroxylation is 1. The van der Waals surface area contributed by atoms with E-state index < -0.39 is 0 Å². The third-order valence-electron chi connectivity index (χ3n) is 4.70. The molecule has 5 nitrogen and oxygen atoms in total. The molecule has 134 valence electrons. The number of benzene rings is 1. The van der Waals surface area contributed by atoms with Gasteiger partial charge < -0.3 is 15.0 Å². The highest BCUT2D eigenvalue weighted by Gasteiger charge is 2.18. The lowest BCUT2D eigenvalue weighted by molar-refractivity contribution is 0.410. The first kappa shape index (κ1) is 17.5. The van der Waals surface area contributed by atoms with Gasteiger partial charge in [-0.1, -0.05) is 25.1 Å². The van der Waals surface area contributed by atoms with E-state index in [4.69, 9.17) is 4.74 Å². The standard InChI is InChI=1S/C20H28N4O/c1-15-7-6-12-24(14-15)20-13-19(22-16(2)23-20)21-11-10-17-8-4-5-9-18(17)25-3/h4-5,8-9,13,15H,6-7,10-12,14H2,1-3H3,(H,21,22,23). The molecular formula is C20H28N4O. The Morgan fingerprint density at radius 3 is 2.92 bits per heavy atom. The van der Waals surface area contributed by atoms with Crippen LogP contribution in [0.3, 0.4) is 0 Å². The predicted molar refractivity (Wildman–Crippen MR) is 103 cm³/mol. The zero-order chi connectivity index (χ0) is 17.6. The van der Waals surface area contributed by atoms with Gasteiger partial charge in [-0.25, -0.2) is 9.97 Å². The first-order valence-electron chi connectivity index (χ1n) is 9.12. The molecule has 0 bridgehead atoms. The van der Waals surface area contributed by atoms with Crippen molar-refractivity contribution in [3.8, 4) is 5.75 Å². The van der Waals surface area contributed by atoms with E-state index in [-0.39, 0.29) is 0 Å². The average Bonchev–Trinajstić information content (AvgIpc) is 2.62. The van der Waals surface area contributed by atoms with E-state index in [0.29, 0.717) is 0 Å². The van der Waals surface area contributed by atoms with Crippen molar-refractivity contribution in [3.63, 3.8) is 0 Å². The lowest BCUT2D eigenvalue weighted by Crippen LogP contribution is -2.35. The van der Waals surface area contributed by atoms with Gasteiger partial charge in [-0.3, -0.25) is 0 Å². The lowest BCUT2D eigenvalue weighted by atomic mass is 10.0. The van der Waals surface area contributed by atoms with Gasteiger partial charge >= 0.3 is 0 Å². The molecule has 0 spiro atoms. The van der Waals surface area contributed by atoms with Crippen LogP contribution in [0.2, 0.25) is 0 Å². The van der Waals surface area contributed by atoms with E-state index in [1.165, 1.54) is 18.4 Å². The summed E-state index contributed by atoms with van der Waals surface area (Å²) in [5.74, 6) is 4.42. The fraction of sp³-hybridized carbons (Fsp3) is 0.500. The molecule has 2 heterocycles. The van der Waals surface area contributed by atoms with Crippen LogP contribution in [0.15, 0.2) is 30.3 Å². The predicted octanol–water partition coefficient (Wildman–Crippen LogP) is 3.68. The molecule has 1 saturated heterocycles. The fourth-order valence-electron chi connectivity index (χ4n) is 3.44. The molecule has 1 atom stereocenters. The van der Waals surface area contributed by atoms with Crippen LogP contribution in [0.25, 0.3) is 0 Å². The molecule has 25 heavy (non-hydrogen) atoms. The summed E-state index contributed by atoms with van der Waals surface area (Å²) >= 11 is 0. The molecule has 1 aromatic carbocycles. The lowest BCUT2D eigenvalue weighted by Gasteiger charge is -2.32. The molecule has 1 N–H and O–H groups in total. The quantitative estimate of drug-likeness (QED) is 0.869. The van der Waals surface area contributed by atoms with Gasteiger partial charge in [-0.15, -0.1) is 0 Å². The summed E-state index contributed by atoms with van der Waals surface area (Å²) in [4.78, 5) is 11.6. The van der Waals surface area contributed by atoms with Gasteiger partial charge in [-0.2, -0.15) is 0 Å². The molecule has 2 aromatic rings. The van der Waals surface area contributed by atoms with Gasteiger partial charge in [-0.05, 0) is 43.7 Å². The molecule has 1 aromatic heterocycles. The van der Waals surface area contributed by atoms with Crippen molar-refractivity contribution >= 4 is 11.6 Å². The summed E-state index contributed by atoms with van der Waals surface area (Å²) in [6.45, 7) is 7.25. The normalized spacial score (nSPS) is 17.4. The molecule has 5 heteroatoms. The molecular weight excluding hydrogens is 312 g/mol. The summed E-state index contributed by atoms with van der Waals surface area (Å²) in [6.07, 6.45) is 3.44. The maximum Gasteiger partial charge on any atom is 0.134 e. The van der Waals surface area contributed by atoms with Gasteiger partial charge in [0.05, 0.1) is 7.11 Å². The van der Waals surface area contributed by atoms with Crippen molar-refractivity contribution in [1.82, 2.24) is 9.97 Å². The van der Waals surface area contributed by atoms with E-state index in [9.17, 15) is 0 Å². The van der Waals surface area contributed by atoms with Gasteiger partial charge in [0, 0.05) is 25.7 Å². The monoisotopic (exact) mass is 340 g/mol. The van der Waals surface area contributed by atoms with Gasteiger partial charge in [0.25, 0.3) is 0 Å². The van der Waals surface area contributed by atoms with E-state index in [1.54, 1.807) is 7.11 Å². The molecule has 1 unspecified atom stereocenters. The summed E-state index contributed by atoms with van der Waals surface area (Å²) in [5.41, 5.74) is 1.20. The Bertz CT molecular complexity index is 704. The van der Waals surface area contributed by atoms with Crippen molar-refractivity contribution in [2.75, 3.05) is 37.0 Å². The minimum atomic E-state index is 0.728. The summed E-state index contributed by atoms with van der Waals surface area (Å²) in [6, 6.07) is 10.2. The summed E-state index contributed by atoms with van der Waals surface area (Å²) < 4.78 is 5.42. The van der Waals surface area contributed by atoms with Crippen molar-refractivity contribution in [2.24, 2.45) is 5.92 Å². The van der Waals surface area contributed by atoms with Gasteiger partial charge in [0.2, 0.25) is 0 Å². The molecule has 3 rings (SSSR count). The third-order valence-corrected chi connectivity index (χ3v) is 4.70. The molecule has 1 aliphatic rings. The third kappa shape index (κ3) is 4.62. The topological polar surface area (TPSA) is 50.3 Å². The number of para-hydroxylation sites is 1. The van der Waals surface area contributed by atoms with E-state index in [0.717, 1.165) is 55.2 Å². The highest BCUT2D eigenvalue weighted by molar-refractivity contribution is 5.50. The van der Waals surface area contributed by atoms with Crippen molar-refractivity contribution in [3.05, 3.63) is 41.7 Å². The maximum absolute atomic E-state index is 5.42. The van der Waals surface area contributed by atoms with Crippen LogP contribution in [0.5, 0.6) is 5.75 Å². The largest absolute Gasteiger partial charge is 0.496 e. The van der Waals surface area contributed by atoms with Gasteiger partial charge in [0.1, 0.15) is 23.2 Å². The molecule has 1 aliphatic heterocycles. The molecule has 0 aliphatic carbocycles. The van der Waals surface area contributed by atoms with E-state index in [1.807, 2.05) is 25.1 Å². The summed E-state index contributed by atoms with van der Waals surface area (Å²) in [7, 11) is 1.71. The first-order valence-corrected chi connectivity index (χ1v) is 9.12. The maximum atomic E-state index is 5.42. The molecule has 0 saturated carbocycles. The highest BCUT2D eigenvalue weighted by Crippen LogP contribution is 2.23. The zero-order valence-corrected chi connectivity index (χ0v) is 15.5. The van der Waals surface area contributed by atoms with Crippen molar-refractivity contribution in [1.29, 1.82) is 0 Å². The highest BCUT2D eigenvalue weighted by atomic mass is 16.5. The summed E-state index contributed by atoms with van der Waals surface area (Å²) in [5, 5.41) is 3.44. The second-order valence-electron chi connectivity index (χ2n) is 6.84. The number of nitrogens with zero attached hydrogens (tertiary/aromatic N) is 3. The number of ether oxygens (including phenoxy) is 1. The minimum absolute atomic E-state index is 0.728. The first-order chi connectivity index (χ1) is 12.2. The van der Waals surface area contributed by atoms with Crippen LogP contribution in [0.1, 0.15) is 31.2 Å². The van der Waals surface area contributed by atoms with Crippen LogP contribution < -0.4 is 15.0 Å². The second-order valence-corrected chi connectivity index (χ2v) is 6.84. The Hall–Kier alpha value is -2.30. The molecule has 0 amide bonds. The number of nitrogens with one attached hydrogen (secondary N) is 1. The van der Waals surface area contributed by atoms with Gasteiger partial charge in [0.15, 0.2) is 0 Å². The fourth-order valence-corrected chi connectivity index (χ4v) is 3.44. The Morgan fingerprint density at radius 2 is 2.12 bits per heavy atom. The Labute approximate surface area is 150 Å². The smallest absolute Gasteiger partial charge is 0.134 e. The number of rotatable bonds is 6. The number of anilines is 2. The number of methoxy groups -OCH3 is 1. The Balaban J connectivity index is 1.64. The minimum Gasteiger partial charge on any atom is -0.496 e. The molecule has 0 radical (unpaired) electrons. The van der Waals surface area contributed by atoms with E-state index in [2.05, 4.69) is 39.2 Å². The second kappa shape index (κ2) is 8.19. The van der Waals surface area contributed by atoms with Crippen LogP contribution in [0, 0.1) is 12.8 Å². The number of hydrogen-bond donors (Lipinski definition) is 1. The van der Waals surface area contributed by atoms with Crippen LogP contribution in [-0.2, 0) is 6.42 Å². The van der Waals surface area contributed by atoms with Crippen molar-refractivity contribution < 1.29 is 4.74 Å². The van der Waals surface area contributed by atoms with Crippen LogP contribution in [-0.4, -0.2) is 36.7 Å². The number of piperidine rings is 1. The van der Waals surface area contributed by atoms with Crippen LogP contribution >= 0.6 is 0 Å².